The molecule has 0 radical (unpaired) electrons. The summed E-state index contributed by atoms with van der Waals surface area (Å²) in [6, 6.07) is 13.1. The lowest BCUT2D eigenvalue weighted by Gasteiger charge is -2.26. The molecule has 0 saturated heterocycles. The third-order valence-corrected chi connectivity index (χ3v) is 4.23. The number of anilines is 1. The van der Waals surface area contributed by atoms with E-state index in [1.54, 1.807) is 18.2 Å². The Kier molecular flexibility index (Phi) is 5.35. The molecular weight excluding hydrogens is 322 g/mol. The predicted molar refractivity (Wildman–Crippen MR) is 100 cm³/mol. The van der Waals surface area contributed by atoms with Gasteiger partial charge in [0, 0.05) is 10.7 Å². The lowest BCUT2D eigenvalue weighted by atomic mass is 9.94. The van der Waals surface area contributed by atoms with E-state index in [0.717, 1.165) is 22.3 Å². The van der Waals surface area contributed by atoms with Crippen molar-refractivity contribution in [2.75, 3.05) is 5.32 Å². The number of hydrogen-bond donors (Lipinski definition) is 1. The average molecular weight is 344 g/mol. The first-order valence-electron chi connectivity index (χ1n) is 7.71. The highest BCUT2D eigenvalue weighted by atomic mass is 35.5. The van der Waals surface area contributed by atoms with E-state index in [4.69, 9.17) is 16.3 Å². The van der Waals surface area contributed by atoms with Crippen molar-refractivity contribution in [2.45, 2.75) is 33.3 Å². The van der Waals surface area contributed by atoms with Crippen molar-refractivity contribution in [3.8, 4) is 0 Å². The molecule has 24 heavy (non-hydrogen) atoms. The minimum Gasteiger partial charge on any atom is -0.438 e. The van der Waals surface area contributed by atoms with Crippen LogP contribution in [0.15, 0.2) is 49.0 Å². The number of benzene rings is 2. The first-order chi connectivity index (χ1) is 11.2. The third kappa shape index (κ3) is 4.39. The number of rotatable bonds is 4. The second-order valence-electron chi connectivity index (χ2n) is 6.35. The number of carbonyl (C=O) groups excluding carboxylic acids is 1. The maximum Gasteiger partial charge on any atom is 0.412 e. The molecule has 1 N–H and O–H groups in total. The maximum absolute atomic E-state index is 12.2. The zero-order valence-corrected chi connectivity index (χ0v) is 15.2. The molecular formula is C20H22ClNO2. The molecule has 3 nitrogen and oxygen atoms in total. The summed E-state index contributed by atoms with van der Waals surface area (Å²) < 4.78 is 5.62. The Labute approximate surface area is 148 Å². The first kappa shape index (κ1) is 18.1. The Balaban J connectivity index is 2.13. The van der Waals surface area contributed by atoms with Crippen molar-refractivity contribution in [1.29, 1.82) is 0 Å². The van der Waals surface area contributed by atoms with Crippen molar-refractivity contribution >= 4 is 29.0 Å². The molecule has 0 saturated carbocycles. The summed E-state index contributed by atoms with van der Waals surface area (Å²) in [6.45, 7) is 11.5. The van der Waals surface area contributed by atoms with Gasteiger partial charge in [0.1, 0.15) is 5.60 Å². The molecule has 2 rings (SSSR count). The minimum absolute atomic E-state index is 0.512. The molecule has 0 unspecified atom stereocenters. The van der Waals surface area contributed by atoms with E-state index in [1.165, 1.54) is 0 Å². The Hall–Kier alpha value is -2.26. The van der Waals surface area contributed by atoms with E-state index >= 15 is 0 Å². The average Bonchev–Trinajstić information content (AvgIpc) is 2.50. The molecule has 0 aliphatic rings. The highest BCUT2D eigenvalue weighted by molar-refractivity contribution is 6.31. The molecule has 0 spiro atoms. The zero-order valence-electron chi connectivity index (χ0n) is 14.4. The van der Waals surface area contributed by atoms with Crippen molar-refractivity contribution < 1.29 is 9.53 Å². The van der Waals surface area contributed by atoms with E-state index < -0.39 is 11.7 Å². The summed E-state index contributed by atoms with van der Waals surface area (Å²) in [5.41, 5.74) is 3.67. The van der Waals surface area contributed by atoms with Gasteiger partial charge in [0.2, 0.25) is 0 Å². The fraction of sp³-hybridized carbons (Fsp3) is 0.250. The number of aryl methyl sites for hydroxylation is 1. The first-order valence-corrected chi connectivity index (χ1v) is 8.09. The molecule has 0 aromatic heterocycles. The predicted octanol–water partition coefficient (Wildman–Crippen LogP) is 6.17. The molecule has 0 fully saturated rings. The van der Waals surface area contributed by atoms with Crippen LogP contribution in [0.4, 0.5) is 10.5 Å². The lowest BCUT2D eigenvalue weighted by molar-refractivity contribution is 0.0466. The van der Waals surface area contributed by atoms with Crippen molar-refractivity contribution in [3.63, 3.8) is 0 Å². The number of ether oxygens (including phenoxy) is 1. The fourth-order valence-corrected chi connectivity index (χ4v) is 2.43. The van der Waals surface area contributed by atoms with Gasteiger partial charge in [-0.1, -0.05) is 42.0 Å². The topological polar surface area (TPSA) is 38.3 Å². The summed E-state index contributed by atoms with van der Waals surface area (Å²) in [5, 5.41) is 3.39. The van der Waals surface area contributed by atoms with Crippen LogP contribution in [0.3, 0.4) is 0 Å². The van der Waals surface area contributed by atoms with Gasteiger partial charge in [-0.05, 0) is 68.7 Å². The highest BCUT2D eigenvalue weighted by Crippen LogP contribution is 2.28. The molecule has 0 heterocycles. The van der Waals surface area contributed by atoms with Crippen LogP contribution < -0.4 is 5.32 Å². The van der Waals surface area contributed by atoms with Gasteiger partial charge in [0.15, 0.2) is 0 Å². The van der Waals surface area contributed by atoms with Gasteiger partial charge < -0.3 is 4.74 Å². The van der Waals surface area contributed by atoms with Crippen LogP contribution in [0.1, 0.15) is 37.5 Å². The van der Waals surface area contributed by atoms with Gasteiger partial charge in [0.25, 0.3) is 0 Å². The molecule has 2 aromatic rings. The van der Waals surface area contributed by atoms with Crippen molar-refractivity contribution in [1.82, 2.24) is 0 Å². The van der Waals surface area contributed by atoms with E-state index in [1.807, 2.05) is 52.0 Å². The Morgan fingerprint density at radius 3 is 2.54 bits per heavy atom. The monoisotopic (exact) mass is 343 g/mol. The molecule has 0 bridgehead atoms. The Morgan fingerprint density at radius 2 is 1.92 bits per heavy atom. The van der Waals surface area contributed by atoms with Crippen LogP contribution >= 0.6 is 11.6 Å². The summed E-state index contributed by atoms with van der Waals surface area (Å²) in [4.78, 5) is 12.2. The number of hydrogen-bond acceptors (Lipinski definition) is 2. The van der Waals surface area contributed by atoms with E-state index in [0.29, 0.717) is 10.7 Å². The summed E-state index contributed by atoms with van der Waals surface area (Å²) >= 11 is 5.99. The SMILES string of the molecule is C=C(C)c1cccc(C(C)(C)OC(=O)Nc2ccc(Cl)c(C)c2)c1. The van der Waals surface area contributed by atoms with Crippen LogP contribution in [-0.2, 0) is 10.3 Å². The van der Waals surface area contributed by atoms with Gasteiger partial charge in [-0.3, -0.25) is 5.32 Å². The van der Waals surface area contributed by atoms with Gasteiger partial charge >= 0.3 is 6.09 Å². The van der Waals surface area contributed by atoms with Gasteiger partial charge in [-0.25, -0.2) is 4.79 Å². The summed E-state index contributed by atoms with van der Waals surface area (Å²) in [5.74, 6) is 0. The van der Waals surface area contributed by atoms with Crippen LogP contribution in [0.25, 0.3) is 5.57 Å². The maximum atomic E-state index is 12.2. The van der Waals surface area contributed by atoms with E-state index in [-0.39, 0.29) is 0 Å². The second-order valence-corrected chi connectivity index (χ2v) is 6.76. The van der Waals surface area contributed by atoms with Crippen molar-refractivity contribution in [2.24, 2.45) is 0 Å². The number of amides is 1. The molecule has 2 aromatic carbocycles. The molecule has 0 atom stereocenters. The highest BCUT2D eigenvalue weighted by Gasteiger charge is 2.25. The van der Waals surface area contributed by atoms with Gasteiger partial charge in [-0.2, -0.15) is 0 Å². The Morgan fingerprint density at radius 1 is 1.21 bits per heavy atom. The molecule has 0 aliphatic heterocycles. The number of nitrogens with one attached hydrogen (secondary N) is 1. The standard InChI is InChI=1S/C20H22ClNO2/c1-13(2)15-7-6-8-16(12-15)20(4,5)24-19(23)22-17-9-10-18(21)14(3)11-17/h6-12H,1H2,2-5H3,(H,22,23). The molecule has 0 aliphatic carbocycles. The smallest absolute Gasteiger partial charge is 0.412 e. The Bertz CT molecular complexity index is 781. The van der Waals surface area contributed by atoms with Crippen LogP contribution in [-0.4, -0.2) is 6.09 Å². The number of allylic oxidation sites excluding steroid dienone is 1. The number of halogens is 1. The molecule has 1 amide bonds. The van der Waals surface area contributed by atoms with Crippen LogP contribution in [0.5, 0.6) is 0 Å². The van der Waals surface area contributed by atoms with Crippen molar-refractivity contribution in [3.05, 3.63) is 70.8 Å². The summed E-state index contributed by atoms with van der Waals surface area (Å²) in [6.07, 6.45) is -0.512. The van der Waals surface area contributed by atoms with Crippen LogP contribution in [0.2, 0.25) is 5.02 Å². The quantitative estimate of drug-likeness (QED) is 0.721. The molecule has 4 heteroatoms. The number of carbonyl (C=O) groups is 1. The van der Waals surface area contributed by atoms with Crippen LogP contribution in [0, 0.1) is 6.92 Å². The van der Waals surface area contributed by atoms with E-state index in [2.05, 4.69) is 11.9 Å². The van der Waals surface area contributed by atoms with Gasteiger partial charge in [0.05, 0.1) is 0 Å². The normalized spacial score (nSPS) is 11.0. The summed E-state index contributed by atoms with van der Waals surface area (Å²) in [7, 11) is 0. The van der Waals surface area contributed by atoms with E-state index in [9.17, 15) is 4.79 Å². The fourth-order valence-electron chi connectivity index (χ4n) is 2.32. The third-order valence-electron chi connectivity index (χ3n) is 3.80. The second kappa shape index (κ2) is 7.10. The zero-order chi connectivity index (χ0) is 17.9. The van der Waals surface area contributed by atoms with Gasteiger partial charge in [-0.15, -0.1) is 0 Å². The minimum atomic E-state index is -0.767. The lowest BCUT2D eigenvalue weighted by Crippen LogP contribution is -2.28. The largest absolute Gasteiger partial charge is 0.438 e. The molecule has 126 valence electrons.